The normalized spacial score (nSPS) is 11.6. The second-order valence-electron chi connectivity index (χ2n) is 16.8. The SMILES string of the molecule is c1ccc(-c2ccc(N(c3ccc(-c4ccccc4)cc3)c3ccc(-c4ccc(-n5c6cccc(-n7c8ccccc8c8ccccc87)c6n6c7ccccc7nc56)cc4)cc3)cc2)cc1. The van der Waals surface area contributed by atoms with Crippen LogP contribution in [0, 0.1) is 0 Å². The summed E-state index contributed by atoms with van der Waals surface area (Å²) >= 11 is 0. The van der Waals surface area contributed by atoms with Gasteiger partial charge in [-0.25, -0.2) is 4.98 Å². The molecule has 0 unspecified atom stereocenters. The quantitative estimate of drug-likeness (QED) is 0.153. The molecule has 3 aromatic heterocycles. The van der Waals surface area contributed by atoms with Gasteiger partial charge in [0.15, 0.2) is 0 Å². The van der Waals surface area contributed by atoms with Gasteiger partial charge in [-0.15, -0.1) is 0 Å². The van der Waals surface area contributed by atoms with Crippen LogP contribution in [0.4, 0.5) is 17.1 Å². The molecule has 13 aromatic rings. The molecule has 310 valence electrons. The number of nitrogens with zero attached hydrogens (tertiary/aromatic N) is 5. The highest BCUT2D eigenvalue weighted by atomic mass is 15.2. The van der Waals surface area contributed by atoms with Gasteiger partial charge < -0.3 is 9.47 Å². The Morgan fingerprint density at radius 2 is 0.712 bits per heavy atom. The van der Waals surface area contributed by atoms with Gasteiger partial charge in [-0.1, -0.05) is 164 Å². The molecule has 5 nitrogen and oxygen atoms in total. The molecule has 0 bridgehead atoms. The predicted molar refractivity (Wildman–Crippen MR) is 275 cm³/mol. The van der Waals surface area contributed by atoms with Crippen molar-refractivity contribution in [2.24, 2.45) is 0 Å². The Morgan fingerprint density at radius 1 is 0.303 bits per heavy atom. The van der Waals surface area contributed by atoms with Gasteiger partial charge in [0.25, 0.3) is 0 Å². The highest BCUT2D eigenvalue weighted by Crippen LogP contribution is 2.40. The minimum atomic E-state index is 0.880. The average molecular weight is 844 g/mol. The van der Waals surface area contributed by atoms with E-state index in [1.165, 1.54) is 44.1 Å². The molecule has 13 rings (SSSR count). The standard InChI is InChI=1S/C61H41N5/c1-3-14-42(15-4-1)44-26-34-48(35-27-44)63(49-36-28-45(29-37-49)43-16-5-2-6-17-43)50-38-30-46(31-39-50)47-32-40-51(41-33-47)64-58-24-13-25-59(60(58)66-57-23-12-9-20-54(57)62-61(64)66)65-55-21-10-7-18-52(55)53-19-8-11-22-56(53)65/h1-41H. The Labute approximate surface area is 381 Å². The van der Waals surface area contributed by atoms with E-state index in [1.54, 1.807) is 0 Å². The highest BCUT2D eigenvalue weighted by Gasteiger charge is 2.22. The van der Waals surface area contributed by atoms with E-state index in [1.807, 2.05) is 0 Å². The van der Waals surface area contributed by atoms with Crippen LogP contribution >= 0.6 is 0 Å². The van der Waals surface area contributed by atoms with E-state index in [9.17, 15) is 0 Å². The number of fused-ring (bicyclic) bond motifs is 8. The van der Waals surface area contributed by atoms with Crippen LogP contribution in [0.5, 0.6) is 0 Å². The summed E-state index contributed by atoms with van der Waals surface area (Å²) in [6, 6.07) is 89.2. The average Bonchev–Trinajstić information content (AvgIpc) is 4.05. The number of benzene rings is 10. The van der Waals surface area contributed by atoms with Crippen molar-refractivity contribution >= 4 is 66.7 Å². The molecule has 0 aliphatic heterocycles. The summed E-state index contributed by atoms with van der Waals surface area (Å²) in [5.41, 5.74) is 19.1. The number of rotatable bonds is 8. The summed E-state index contributed by atoms with van der Waals surface area (Å²) in [4.78, 5) is 7.62. The predicted octanol–water partition coefficient (Wildman–Crippen LogP) is 16.0. The Kier molecular flexibility index (Phi) is 8.78. The third kappa shape index (κ3) is 6.13. The van der Waals surface area contributed by atoms with Crippen LogP contribution in [0.1, 0.15) is 0 Å². The van der Waals surface area contributed by atoms with Crippen molar-refractivity contribution in [3.05, 3.63) is 249 Å². The van der Waals surface area contributed by atoms with Gasteiger partial charge in [0.1, 0.15) is 0 Å². The molecular weight excluding hydrogens is 803 g/mol. The molecule has 0 fully saturated rings. The number of hydrogen-bond donors (Lipinski definition) is 0. The monoisotopic (exact) mass is 843 g/mol. The maximum absolute atomic E-state index is 5.28. The Morgan fingerprint density at radius 3 is 1.23 bits per heavy atom. The molecule has 0 saturated carbocycles. The first-order valence-corrected chi connectivity index (χ1v) is 22.5. The largest absolute Gasteiger partial charge is 0.311 e. The van der Waals surface area contributed by atoms with Gasteiger partial charge >= 0.3 is 0 Å². The van der Waals surface area contributed by atoms with Gasteiger partial charge in [-0.3, -0.25) is 8.97 Å². The second-order valence-corrected chi connectivity index (χ2v) is 16.8. The summed E-state index contributed by atoms with van der Waals surface area (Å²) in [6.45, 7) is 0. The molecule has 0 radical (unpaired) electrons. The van der Waals surface area contributed by atoms with Gasteiger partial charge in [0.05, 0.1) is 38.8 Å². The molecule has 10 aromatic carbocycles. The molecule has 5 heteroatoms. The summed E-state index contributed by atoms with van der Waals surface area (Å²) in [5, 5.41) is 2.48. The smallest absolute Gasteiger partial charge is 0.220 e. The fraction of sp³-hybridized carbons (Fsp3) is 0. The fourth-order valence-electron chi connectivity index (χ4n) is 9.96. The zero-order chi connectivity index (χ0) is 43.6. The number of aromatic nitrogens is 4. The lowest BCUT2D eigenvalue weighted by molar-refractivity contribution is 1.11. The van der Waals surface area contributed by atoms with Crippen LogP contribution in [0.3, 0.4) is 0 Å². The lowest BCUT2D eigenvalue weighted by Crippen LogP contribution is -2.09. The van der Waals surface area contributed by atoms with E-state index in [0.717, 1.165) is 67.4 Å². The van der Waals surface area contributed by atoms with Crippen LogP contribution in [-0.2, 0) is 0 Å². The van der Waals surface area contributed by atoms with Crippen molar-refractivity contribution < 1.29 is 0 Å². The van der Waals surface area contributed by atoms with Crippen molar-refractivity contribution in [2.45, 2.75) is 0 Å². The lowest BCUT2D eigenvalue weighted by atomic mass is 10.0. The van der Waals surface area contributed by atoms with E-state index < -0.39 is 0 Å². The van der Waals surface area contributed by atoms with Crippen molar-refractivity contribution in [1.82, 2.24) is 18.5 Å². The highest BCUT2D eigenvalue weighted by molar-refractivity contribution is 6.10. The van der Waals surface area contributed by atoms with Crippen LogP contribution in [-0.4, -0.2) is 18.5 Å². The molecule has 0 amide bonds. The molecule has 0 aliphatic carbocycles. The van der Waals surface area contributed by atoms with E-state index in [0.29, 0.717) is 0 Å². The molecule has 0 N–H and O–H groups in total. The van der Waals surface area contributed by atoms with E-state index >= 15 is 0 Å². The molecule has 0 atom stereocenters. The van der Waals surface area contributed by atoms with Gasteiger partial charge in [-0.2, -0.15) is 0 Å². The maximum atomic E-state index is 5.28. The Hall–Kier alpha value is -8.93. The third-order valence-corrected chi connectivity index (χ3v) is 13.1. The van der Waals surface area contributed by atoms with Gasteiger partial charge in [0, 0.05) is 33.5 Å². The molecule has 0 aliphatic rings. The first kappa shape index (κ1) is 37.6. The maximum Gasteiger partial charge on any atom is 0.220 e. The number of para-hydroxylation sites is 5. The molecule has 0 spiro atoms. The summed E-state index contributed by atoms with van der Waals surface area (Å²) in [5.74, 6) is 0.880. The van der Waals surface area contributed by atoms with Crippen LogP contribution in [0.15, 0.2) is 249 Å². The third-order valence-electron chi connectivity index (χ3n) is 13.1. The summed E-state index contributed by atoms with van der Waals surface area (Å²) < 4.78 is 7.06. The van der Waals surface area contributed by atoms with Crippen LogP contribution < -0.4 is 4.90 Å². The van der Waals surface area contributed by atoms with Crippen LogP contribution in [0.2, 0.25) is 0 Å². The van der Waals surface area contributed by atoms with Gasteiger partial charge in [0.2, 0.25) is 5.78 Å². The topological polar surface area (TPSA) is 30.4 Å². The number of imidazole rings is 2. The minimum absolute atomic E-state index is 0.880. The zero-order valence-corrected chi connectivity index (χ0v) is 35.9. The van der Waals surface area contributed by atoms with E-state index in [-0.39, 0.29) is 0 Å². The van der Waals surface area contributed by atoms with Crippen molar-refractivity contribution in [3.8, 4) is 44.8 Å². The summed E-state index contributed by atoms with van der Waals surface area (Å²) in [6.07, 6.45) is 0. The van der Waals surface area contributed by atoms with Gasteiger partial charge in [-0.05, 0) is 118 Å². The fourth-order valence-corrected chi connectivity index (χ4v) is 9.96. The first-order chi connectivity index (χ1) is 32.7. The zero-order valence-electron chi connectivity index (χ0n) is 35.9. The van der Waals surface area contributed by atoms with Crippen molar-refractivity contribution in [2.75, 3.05) is 4.90 Å². The molecule has 66 heavy (non-hydrogen) atoms. The van der Waals surface area contributed by atoms with Crippen molar-refractivity contribution in [1.29, 1.82) is 0 Å². The minimum Gasteiger partial charge on any atom is -0.311 e. The number of hydrogen-bond acceptors (Lipinski definition) is 2. The lowest BCUT2D eigenvalue weighted by Gasteiger charge is -2.26. The Bertz CT molecular complexity index is 3740. The summed E-state index contributed by atoms with van der Waals surface area (Å²) in [7, 11) is 0. The molecular formula is C61H41N5. The van der Waals surface area contributed by atoms with Crippen LogP contribution in [0.25, 0.3) is 94.4 Å². The molecule has 3 heterocycles. The van der Waals surface area contributed by atoms with E-state index in [2.05, 4.69) is 267 Å². The second kappa shape index (κ2) is 15.4. The Balaban J connectivity index is 0.890. The number of anilines is 3. The van der Waals surface area contributed by atoms with E-state index in [4.69, 9.17) is 4.98 Å². The first-order valence-electron chi connectivity index (χ1n) is 22.5. The van der Waals surface area contributed by atoms with Crippen molar-refractivity contribution in [3.63, 3.8) is 0 Å². The molecule has 0 saturated heterocycles.